The van der Waals surface area contributed by atoms with Crippen LogP contribution in [0.5, 0.6) is 5.75 Å². The lowest BCUT2D eigenvalue weighted by atomic mass is 10.2. The molecule has 0 aliphatic rings. The van der Waals surface area contributed by atoms with E-state index in [1.165, 1.54) is 0 Å². The number of unbranched alkanes of at least 4 members (excludes halogenated alkanes) is 1. The molecule has 0 bridgehead atoms. The van der Waals surface area contributed by atoms with Gasteiger partial charge in [0.05, 0.1) is 19.9 Å². The molecular formula is C17H22ClN7O. The van der Waals surface area contributed by atoms with Crippen LogP contribution >= 0.6 is 11.6 Å². The van der Waals surface area contributed by atoms with E-state index in [4.69, 9.17) is 22.1 Å². The molecule has 0 aromatic carbocycles. The van der Waals surface area contributed by atoms with Crippen LogP contribution in [-0.2, 0) is 12.4 Å². The summed E-state index contributed by atoms with van der Waals surface area (Å²) in [6, 6.07) is 1.88. The number of hydrogen-bond acceptors (Lipinski definition) is 7. The number of rotatable bonds is 8. The van der Waals surface area contributed by atoms with E-state index in [0.29, 0.717) is 29.5 Å². The summed E-state index contributed by atoms with van der Waals surface area (Å²) in [5.74, 6) is 1.95. The maximum absolute atomic E-state index is 5.88. The van der Waals surface area contributed by atoms with E-state index in [9.17, 15) is 0 Å². The van der Waals surface area contributed by atoms with Crippen LogP contribution in [0.2, 0.25) is 0 Å². The maximum Gasteiger partial charge on any atom is 0.222 e. The third-order valence-corrected chi connectivity index (χ3v) is 4.30. The van der Waals surface area contributed by atoms with Gasteiger partial charge >= 0.3 is 0 Å². The number of halogens is 1. The summed E-state index contributed by atoms with van der Waals surface area (Å²) in [4.78, 5) is 13.1. The van der Waals surface area contributed by atoms with Gasteiger partial charge in [0.25, 0.3) is 0 Å². The largest absolute Gasteiger partial charge is 0.495 e. The molecule has 0 aliphatic carbocycles. The molecule has 138 valence electrons. The molecule has 3 rings (SSSR count). The molecule has 0 atom stereocenters. The lowest BCUT2D eigenvalue weighted by Gasteiger charge is -2.12. The molecular weight excluding hydrogens is 354 g/mol. The molecule has 3 heterocycles. The number of alkyl halides is 1. The van der Waals surface area contributed by atoms with Crippen LogP contribution in [0.4, 0.5) is 11.8 Å². The van der Waals surface area contributed by atoms with Crippen LogP contribution in [0.15, 0.2) is 18.5 Å². The highest BCUT2D eigenvalue weighted by Gasteiger charge is 2.15. The number of nitrogens with zero attached hydrogens (tertiary/aromatic N) is 5. The van der Waals surface area contributed by atoms with Crippen molar-refractivity contribution in [2.45, 2.75) is 32.2 Å². The van der Waals surface area contributed by atoms with Crippen LogP contribution in [0.1, 0.15) is 31.0 Å². The van der Waals surface area contributed by atoms with E-state index in [1.54, 1.807) is 24.2 Å². The standard InChI is InChI=1S/C17H22ClN7O/c1-3-4-5-20-16-15-12(23-17(19)24-16)9-22-25(15)10-13-14(26-2)6-11(7-18)8-21-13/h6,8-9H,3-5,7,10H2,1-2H3,(H3,19,20,23,24). The fourth-order valence-electron chi connectivity index (χ4n) is 2.67. The lowest BCUT2D eigenvalue weighted by Crippen LogP contribution is -2.11. The van der Waals surface area contributed by atoms with E-state index in [-0.39, 0.29) is 5.95 Å². The van der Waals surface area contributed by atoms with E-state index in [0.717, 1.165) is 36.2 Å². The highest BCUT2D eigenvalue weighted by molar-refractivity contribution is 6.17. The monoisotopic (exact) mass is 375 g/mol. The van der Waals surface area contributed by atoms with Crippen molar-refractivity contribution < 1.29 is 4.74 Å². The molecule has 0 amide bonds. The first kappa shape index (κ1) is 18.2. The number of pyridine rings is 1. The van der Waals surface area contributed by atoms with Crippen molar-refractivity contribution >= 4 is 34.4 Å². The highest BCUT2D eigenvalue weighted by Crippen LogP contribution is 2.25. The zero-order valence-corrected chi connectivity index (χ0v) is 15.6. The minimum atomic E-state index is 0.221. The summed E-state index contributed by atoms with van der Waals surface area (Å²) in [5.41, 5.74) is 8.96. The van der Waals surface area contributed by atoms with Gasteiger partial charge < -0.3 is 15.8 Å². The number of ether oxygens (including phenoxy) is 1. The number of hydrogen-bond donors (Lipinski definition) is 2. The number of anilines is 2. The molecule has 0 saturated carbocycles. The van der Waals surface area contributed by atoms with Crippen molar-refractivity contribution in [3.63, 3.8) is 0 Å². The Hall–Kier alpha value is -2.61. The van der Waals surface area contributed by atoms with Crippen molar-refractivity contribution in [1.82, 2.24) is 24.7 Å². The minimum Gasteiger partial charge on any atom is -0.495 e. The second kappa shape index (κ2) is 8.18. The molecule has 0 radical (unpaired) electrons. The Kier molecular flexibility index (Phi) is 5.72. The molecule has 3 aromatic heterocycles. The Bertz CT molecular complexity index is 896. The van der Waals surface area contributed by atoms with Crippen molar-refractivity contribution in [3.05, 3.63) is 29.7 Å². The van der Waals surface area contributed by atoms with Gasteiger partial charge in [-0.2, -0.15) is 10.1 Å². The molecule has 0 aliphatic heterocycles. The smallest absolute Gasteiger partial charge is 0.222 e. The minimum absolute atomic E-state index is 0.221. The molecule has 0 spiro atoms. The quantitative estimate of drug-likeness (QED) is 0.460. The third kappa shape index (κ3) is 3.80. The van der Waals surface area contributed by atoms with Gasteiger partial charge in [-0.15, -0.1) is 11.6 Å². The number of nitrogen functional groups attached to an aromatic ring is 1. The number of fused-ring (bicyclic) bond motifs is 1. The van der Waals surface area contributed by atoms with E-state index < -0.39 is 0 Å². The van der Waals surface area contributed by atoms with Crippen LogP contribution in [0.3, 0.4) is 0 Å². The summed E-state index contributed by atoms with van der Waals surface area (Å²) in [5, 5.41) is 7.76. The Labute approximate surface area is 156 Å². The Balaban J connectivity index is 1.98. The van der Waals surface area contributed by atoms with Gasteiger partial charge in [-0.05, 0) is 18.1 Å². The van der Waals surface area contributed by atoms with Gasteiger partial charge in [-0.3, -0.25) is 9.67 Å². The third-order valence-electron chi connectivity index (χ3n) is 3.99. The van der Waals surface area contributed by atoms with Gasteiger partial charge in [0.1, 0.15) is 22.5 Å². The predicted octanol–water partition coefficient (Wildman–Crippen LogP) is 2.81. The van der Waals surface area contributed by atoms with Crippen molar-refractivity contribution in [2.24, 2.45) is 0 Å². The summed E-state index contributed by atoms with van der Waals surface area (Å²) < 4.78 is 7.25. The van der Waals surface area contributed by atoms with Crippen LogP contribution in [0.25, 0.3) is 11.0 Å². The first-order chi connectivity index (χ1) is 12.7. The molecule has 3 aromatic rings. The van der Waals surface area contributed by atoms with Crippen LogP contribution < -0.4 is 15.8 Å². The van der Waals surface area contributed by atoms with Crippen LogP contribution in [-0.4, -0.2) is 38.4 Å². The molecule has 0 unspecified atom stereocenters. The Morgan fingerprint density at radius 1 is 1.31 bits per heavy atom. The van der Waals surface area contributed by atoms with Crippen molar-refractivity contribution in [2.75, 3.05) is 24.7 Å². The summed E-state index contributed by atoms with van der Waals surface area (Å²) in [6.07, 6.45) is 5.54. The average molecular weight is 376 g/mol. The van der Waals surface area contributed by atoms with E-state index in [1.807, 2.05) is 6.07 Å². The van der Waals surface area contributed by atoms with E-state index >= 15 is 0 Å². The normalized spacial score (nSPS) is 11.0. The Morgan fingerprint density at radius 3 is 2.88 bits per heavy atom. The first-order valence-electron chi connectivity index (χ1n) is 8.47. The zero-order chi connectivity index (χ0) is 18.5. The lowest BCUT2D eigenvalue weighted by molar-refractivity contribution is 0.404. The summed E-state index contributed by atoms with van der Waals surface area (Å²) in [6.45, 7) is 3.36. The van der Waals surface area contributed by atoms with E-state index in [2.05, 4.69) is 32.3 Å². The molecule has 8 nitrogen and oxygen atoms in total. The fourth-order valence-corrected chi connectivity index (χ4v) is 2.81. The Morgan fingerprint density at radius 2 is 2.15 bits per heavy atom. The van der Waals surface area contributed by atoms with Gasteiger partial charge in [-0.1, -0.05) is 13.3 Å². The molecule has 0 fully saturated rings. The first-order valence-corrected chi connectivity index (χ1v) is 9.00. The second-order valence-corrected chi connectivity index (χ2v) is 6.14. The van der Waals surface area contributed by atoms with Crippen LogP contribution in [0, 0.1) is 0 Å². The van der Waals surface area contributed by atoms with Gasteiger partial charge in [0.15, 0.2) is 5.82 Å². The summed E-state index contributed by atoms with van der Waals surface area (Å²) in [7, 11) is 1.61. The number of nitrogens with one attached hydrogen (secondary N) is 1. The fraction of sp³-hybridized carbons (Fsp3) is 0.412. The van der Waals surface area contributed by atoms with Gasteiger partial charge in [0.2, 0.25) is 5.95 Å². The SMILES string of the molecule is CCCCNc1nc(N)nc2cnn(Cc3ncc(CCl)cc3OC)c12. The summed E-state index contributed by atoms with van der Waals surface area (Å²) >= 11 is 5.88. The molecule has 0 saturated heterocycles. The molecule has 9 heteroatoms. The predicted molar refractivity (Wildman–Crippen MR) is 103 cm³/mol. The topological polar surface area (TPSA) is 104 Å². The molecule has 3 N–H and O–H groups in total. The number of nitrogens with two attached hydrogens (primary N) is 1. The van der Waals surface area contributed by atoms with Crippen molar-refractivity contribution in [3.8, 4) is 5.75 Å². The number of methoxy groups -OCH3 is 1. The highest BCUT2D eigenvalue weighted by atomic mass is 35.5. The van der Waals surface area contributed by atoms with Gasteiger partial charge in [-0.25, -0.2) is 4.98 Å². The number of aromatic nitrogens is 5. The van der Waals surface area contributed by atoms with Crippen molar-refractivity contribution in [1.29, 1.82) is 0 Å². The average Bonchev–Trinajstić information content (AvgIpc) is 3.04. The molecule has 26 heavy (non-hydrogen) atoms. The second-order valence-electron chi connectivity index (χ2n) is 5.87. The van der Waals surface area contributed by atoms with Gasteiger partial charge in [0, 0.05) is 18.6 Å². The maximum atomic E-state index is 5.88. The zero-order valence-electron chi connectivity index (χ0n) is 14.9.